The largest absolute Gasteiger partial charge is 0.310 e. The number of anilines is 6. The quantitative estimate of drug-likeness (QED) is 0.167. The van der Waals surface area contributed by atoms with Crippen LogP contribution in [-0.2, 0) is 0 Å². The predicted octanol–water partition coefficient (Wildman–Crippen LogP) is 12.8. The second-order valence-electron chi connectivity index (χ2n) is 11.7. The Hall–Kier alpha value is -5.58. The van der Waals surface area contributed by atoms with Crippen molar-refractivity contribution in [2.75, 3.05) is 9.80 Å². The van der Waals surface area contributed by atoms with Gasteiger partial charge in [0.25, 0.3) is 0 Å². The first-order valence-corrected chi connectivity index (χ1v) is 16.6. The highest BCUT2D eigenvalue weighted by atomic mass is 79.9. The number of hydrogen-bond donors (Lipinski definition) is 0. The van der Waals surface area contributed by atoms with Crippen LogP contribution in [-0.4, -0.2) is 4.57 Å². The van der Waals surface area contributed by atoms with E-state index in [1.807, 2.05) is 0 Å². The molecule has 0 saturated carbocycles. The van der Waals surface area contributed by atoms with Gasteiger partial charge in [-0.3, -0.25) is 0 Å². The summed E-state index contributed by atoms with van der Waals surface area (Å²) in [5.74, 6) is 0. The van der Waals surface area contributed by atoms with Gasteiger partial charge in [0, 0.05) is 55.1 Å². The highest BCUT2D eigenvalue weighted by Crippen LogP contribution is 2.42. The molecule has 0 aliphatic rings. The number of hydrogen-bond acceptors (Lipinski definition) is 2. The van der Waals surface area contributed by atoms with E-state index in [9.17, 15) is 0 Å². The van der Waals surface area contributed by atoms with Crippen LogP contribution in [0.25, 0.3) is 27.5 Å². The third-order valence-electron chi connectivity index (χ3n) is 8.71. The Kier molecular flexibility index (Phi) is 7.56. The van der Waals surface area contributed by atoms with Crippen molar-refractivity contribution in [3.8, 4) is 5.69 Å². The van der Waals surface area contributed by atoms with E-state index in [1.165, 1.54) is 16.3 Å². The monoisotopic (exact) mass is 669 g/mol. The van der Waals surface area contributed by atoms with Crippen molar-refractivity contribution in [1.82, 2.24) is 4.57 Å². The van der Waals surface area contributed by atoms with Gasteiger partial charge < -0.3 is 14.4 Å². The Bertz CT molecular complexity index is 2100. The minimum Gasteiger partial charge on any atom is -0.310 e. The Morgan fingerprint density at radius 1 is 0.404 bits per heavy atom. The van der Waals surface area contributed by atoms with Gasteiger partial charge in [0.15, 0.2) is 0 Å². The van der Waals surface area contributed by atoms with Gasteiger partial charge in [0.1, 0.15) is 0 Å². The van der Waals surface area contributed by atoms with Gasteiger partial charge in [-0.1, -0.05) is 88.7 Å². The van der Waals surface area contributed by atoms with Crippen LogP contribution in [0.15, 0.2) is 180 Å². The summed E-state index contributed by atoms with van der Waals surface area (Å²) in [6.45, 7) is 2.15. The van der Waals surface area contributed by atoms with E-state index < -0.39 is 0 Å². The zero-order valence-electron chi connectivity index (χ0n) is 26.0. The molecule has 8 aromatic rings. The summed E-state index contributed by atoms with van der Waals surface area (Å²) in [6, 6.07) is 62.7. The van der Waals surface area contributed by atoms with E-state index >= 15 is 0 Å². The van der Waals surface area contributed by atoms with Crippen LogP contribution in [0.3, 0.4) is 0 Å². The molecule has 1 aromatic heterocycles. The molecule has 0 aliphatic carbocycles. The fraction of sp³-hybridized carbons (Fsp3) is 0.0233. The summed E-state index contributed by atoms with van der Waals surface area (Å²) in [5, 5.41) is 2.38. The number of halogens is 1. The topological polar surface area (TPSA) is 11.4 Å². The van der Waals surface area contributed by atoms with E-state index in [1.54, 1.807) is 0 Å². The fourth-order valence-electron chi connectivity index (χ4n) is 6.53. The molecule has 47 heavy (non-hydrogen) atoms. The van der Waals surface area contributed by atoms with Crippen molar-refractivity contribution in [1.29, 1.82) is 0 Å². The first kappa shape index (κ1) is 28.9. The van der Waals surface area contributed by atoms with Gasteiger partial charge in [-0.25, -0.2) is 0 Å². The Balaban J connectivity index is 1.40. The van der Waals surface area contributed by atoms with Gasteiger partial charge >= 0.3 is 0 Å². The van der Waals surface area contributed by atoms with Crippen molar-refractivity contribution in [3.05, 3.63) is 186 Å². The standard InChI is InChI=1S/C43H32BrN3/c1-31-28-36(22-25-41(31)44)47-42-26-23-37(45(32-14-6-2-7-15-32)33-16-8-3-9-17-33)29-39(42)40-30-38(24-27-43(40)47)46(34-18-10-4-11-19-34)35-20-12-5-13-21-35/h2-30H,1H3. The maximum absolute atomic E-state index is 3.71. The van der Waals surface area contributed by atoms with Crippen LogP contribution in [0.2, 0.25) is 0 Å². The predicted molar refractivity (Wildman–Crippen MR) is 203 cm³/mol. The lowest BCUT2D eigenvalue weighted by atomic mass is 10.1. The molecule has 0 fully saturated rings. The first-order chi connectivity index (χ1) is 23.2. The average molecular weight is 671 g/mol. The second kappa shape index (κ2) is 12.3. The Morgan fingerprint density at radius 3 is 1.15 bits per heavy atom. The lowest BCUT2D eigenvalue weighted by Crippen LogP contribution is -2.09. The highest BCUT2D eigenvalue weighted by Gasteiger charge is 2.20. The maximum atomic E-state index is 3.71. The number of aromatic nitrogens is 1. The van der Waals surface area contributed by atoms with Crippen LogP contribution in [0.4, 0.5) is 34.1 Å². The molecule has 1 heterocycles. The molecule has 3 nitrogen and oxygen atoms in total. The molecule has 0 N–H and O–H groups in total. The molecule has 0 atom stereocenters. The second-order valence-corrected chi connectivity index (χ2v) is 12.5. The van der Waals surface area contributed by atoms with E-state index in [4.69, 9.17) is 0 Å². The summed E-state index contributed by atoms with van der Waals surface area (Å²) in [5.41, 5.74) is 11.3. The highest BCUT2D eigenvalue weighted by molar-refractivity contribution is 9.10. The Morgan fingerprint density at radius 2 is 0.787 bits per heavy atom. The summed E-state index contributed by atoms with van der Waals surface area (Å²) in [7, 11) is 0. The molecule has 0 bridgehead atoms. The molecular formula is C43H32BrN3. The zero-order valence-corrected chi connectivity index (χ0v) is 27.5. The molecule has 0 unspecified atom stereocenters. The average Bonchev–Trinajstić information content (AvgIpc) is 3.45. The number of rotatable bonds is 7. The van der Waals surface area contributed by atoms with E-state index in [0.717, 1.165) is 55.3 Å². The number of fused-ring (bicyclic) bond motifs is 3. The van der Waals surface area contributed by atoms with Crippen LogP contribution in [0.1, 0.15) is 5.56 Å². The normalized spacial score (nSPS) is 11.2. The Labute approximate surface area is 283 Å². The molecule has 7 aromatic carbocycles. The molecule has 4 heteroatoms. The number of aryl methyl sites for hydroxylation is 1. The van der Waals surface area contributed by atoms with Crippen molar-refractivity contribution < 1.29 is 0 Å². The minimum atomic E-state index is 1.11. The lowest BCUT2D eigenvalue weighted by Gasteiger charge is -2.26. The van der Waals surface area contributed by atoms with Gasteiger partial charge in [0.2, 0.25) is 0 Å². The summed E-state index contributed by atoms with van der Waals surface area (Å²) >= 11 is 3.71. The van der Waals surface area contributed by atoms with Crippen molar-refractivity contribution in [2.24, 2.45) is 0 Å². The number of nitrogens with zero attached hydrogens (tertiary/aromatic N) is 3. The summed E-state index contributed by atoms with van der Waals surface area (Å²) in [6.07, 6.45) is 0. The molecule has 226 valence electrons. The van der Waals surface area contributed by atoms with E-state index in [0.29, 0.717) is 0 Å². The van der Waals surface area contributed by atoms with Gasteiger partial charge in [-0.2, -0.15) is 0 Å². The number of benzene rings is 7. The fourth-order valence-corrected chi connectivity index (χ4v) is 6.77. The van der Waals surface area contributed by atoms with Crippen LogP contribution in [0.5, 0.6) is 0 Å². The maximum Gasteiger partial charge on any atom is 0.0542 e. The number of para-hydroxylation sites is 4. The molecule has 0 spiro atoms. The first-order valence-electron chi connectivity index (χ1n) is 15.8. The molecule has 0 saturated heterocycles. The third kappa shape index (κ3) is 5.37. The smallest absolute Gasteiger partial charge is 0.0542 e. The van der Waals surface area contributed by atoms with Gasteiger partial charge in [0.05, 0.1) is 11.0 Å². The van der Waals surface area contributed by atoms with Gasteiger partial charge in [-0.05, 0) is 116 Å². The summed E-state index contributed by atoms with van der Waals surface area (Å²) < 4.78 is 3.50. The van der Waals surface area contributed by atoms with Crippen LogP contribution in [0, 0.1) is 6.92 Å². The van der Waals surface area contributed by atoms with Crippen molar-refractivity contribution in [2.45, 2.75) is 6.92 Å². The van der Waals surface area contributed by atoms with Crippen molar-refractivity contribution >= 4 is 71.9 Å². The van der Waals surface area contributed by atoms with Gasteiger partial charge in [-0.15, -0.1) is 0 Å². The van der Waals surface area contributed by atoms with E-state index in [2.05, 4.69) is 213 Å². The molecular weight excluding hydrogens is 638 g/mol. The van der Waals surface area contributed by atoms with Crippen LogP contribution < -0.4 is 9.80 Å². The van der Waals surface area contributed by atoms with Crippen molar-refractivity contribution in [3.63, 3.8) is 0 Å². The molecule has 0 radical (unpaired) electrons. The van der Waals surface area contributed by atoms with Crippen LogP contribution >= 0.6 is 15.9 Å². The van der Waals surface area contributed by atoms with E-state index in [-0.39, 0.29) is 0 Å². The SMILES string of the molecule is Cc1cc(-n2c3ccc(N(c4ccccc4)c4ccccc4)cc3c3cc(N(c4ccccc4)c4ccccc4)ccc32)ccc1Br. The minimum absolute atomic E-state index is 1.11. The molecule has 8 rings (SSSR count). The third-order valence-corrected chi connectivity index (χ3v) is 9.60. The molecule has 0 aliphatic heterocycles. The summed E-state index contributed by atoms with van der Waals surface area (Å²) in [4.78, 5) is 4.66. The zero-order chi connectivity index (χ0) is 31.7. The lowest BCUT2D eigenvalue weighted by molar-refractivity contribution is 1.16. The molecule has 0 amide bonds.